The van der Waals surface area contributed by atoms with Crippen molar-refractivity contribution in [2.75, 3.05) is 18.1 Å². The van der Waals surface area contributed by atoms with Crippen molar-refractivity contribution in [1.82, 2.24) is 5.32 Å². The molecule has 0 bridgehead atoms. The highest BCUT2D eigenvalue weighted by Crippen LogP contribution is 2.30. The molecule has 0 spiro atoms. The number of imide groups is 2. The number of urea groups is 1. The summed E-state index contributed by atoms with van der Waals surface area (Å²) in [7, 11) is 0. The predicted molar refractivity (Wildman–Crippen MR) is 111 cm³/mol. The van der Waals surface area contributed by atoms with E-state index in [4.69, 9.17) is 9.47 Å². The Morgan fingerprint density at radius 3 is 2.58 bits per heavy atom. The molecule has 0 saturated carbocycles. The lowest BCUT2D eigenvalue weighted by atomic mass is 10.1. The first-order chi connectivity index (χ1) is 14.8. The molecule has 0 aliphatic carbocycles. The van der Waals surface area contributed by atoms with Crippen molar-refractivity contribution in [2.24, 2.45) is 0 Å². The Kier molecular flexibility index (Phi) is 6.71. The summed E-state index contributed by atoms with van der Waals surface area (Å²) in [5.74, 6) is -2.63. The first kappa shape index (κ1) is 22.0. The van der Waals surface area contributed by atoms with Crippen LogP contribution < -0.4 is 24.8 Å². The average Bonchev–Trinajstić information content (AvgIpc) is 2.70. The first-order valence-electron chi connectivity index (χ1n) is 9.06. The minimum atomic E-state index is -1.39. The SMILES string of the molecule is CCOc1cc(/C=C2/C(=O)NC(=O)N(c3cccc(Br)c3)C2=O)ccc1OCC(=O)[O-]. The highest BCUT2D eigenvalue weighted by molar-refractivity contribution is 9.10. The molecular formula is C21H16BrN2O7-. The van der Waals surface area contributed by atoms with Crippen LogP contribution in [-0.2, 0) is 14.4 Å². The molecule has 0 unspecified atom stereocenters. The van der Waals surface area contributed by atoms with E-state index in [0.717, 1.165) is 4.90 Å². The quantitative estimate of drug-likeness (QED) is 0.464. The van der Waals surface area contributed by atoms with Gasteiger partial charge in [0.15, 0.2) is 11.5 Å². The maximum Gasteiger partial charge on any atom is 0.335 e. The number of carboxylic acids is 1. The second-order valence-corrected chi connectivity index (χ2v) is 7.15. The van der Waals surface area contributed by atoms with Gasteiger partial charge < -0.3 is 19.4 Å². The van der Waals surface area contributed by atoms with E-state index < -0.39 is 30.4 Å². The number of hydrogen-bond acceptors (Lipinski definition) is 7. The van der Waals surface area contributed by atoms with Crippen LogP contribution >= 0.6 is 15.9 Å². The van der Waals surface area contributed by atoms with Crippen molar-refractivity contribution in [2.45, 2.75) is 6.92 Å². The van der Waals surface area contributed by atoms with Gasteiger partial charge in [-0.3, -0.25) is 14.9 Å². The molecule has 9 nitrogen and oxygen atoms in total. The van der Waals surface area contributed by atoms with Crippen molar-refractivity contribution in [1.29, 1.82) is 0 Å². The molecular weight excluding hydrogens is 472 g/mol. The molecule has 1 saturated heterocycles. The third-order valence-corrected chi connectivity index (χ3v) is 4.59. The Labute approximate surface area is 185 Å². The standard InChI is InChI=1S/C21H17BrN2O7/c1-2-30-17-9-12(6-7-16(17)31-11-18(25)26)8-15-19(27)23-21(29)24(20(15)28)14-5-3-4-13(22)10-14/h3-10H,2,11H2,1H3,(H,25,26)(H,23,27,29)/p-1/b15-8-. The molecule has 160 valence electrons. The zero-order chi connectivity index (χ0) is 22.5. The average molecular weight is 488 g/mol. The summed E-state index contributed by atoms with van der Waals surface area (Å²) in [5.41, 5.74) is 0.438. The third kappa shape index (κ3) is 5.10. The number of barbiturate groups is 1. The molecule has 1 aliphatic heterocycles. The van der Waals surface area contributed by atoms with E-state index in [2.05, 4.69) is 21.2 Å². The molecule has 4 amide bonds. The summed E-state index contributed by atoms with van der Waals surface area (Å²) in [6, 6.07) is 10.1. The molecule has 1 heterocycles. The fraction of sp³-hybridized carbons (Fsp3) is 0.143. The number of hydrogen-bond donors (Lipinski definition) is 1. The molecule has 10 heteroatoms. The summed E-state index contributed by atoms with van der Waals surface area (Å²) >= 11 is 3.28. The van der Waals surface area contributed by atoms with Crippen molar-refractivity contribution >= 4 is 51.5 Å². The maximum atomic E-state index is 12.9. The van der Waals surface area contributed by atoms with Crippen LogP contribution in [0.1, 0.15) is 12.5 Å². The maximum absolute atomic E-state index is 12.9. The van der Waals surface area contributed by atoms with Gasteiger partial charge in [-0.2, -0.15) is 0 Å². The number of benzene rings is 2. The van der Waals surface area contributed by atoms with E-state index >= 15 is 0 Å². The van der Waals surface area contributed by atoms with Crippen LogP contribution in [0.4, 0.5) is 10.5 Å². The molecule has 0 radical (unpaired) electrons. The Hall–Kier alpha value is -3.66. The monoisotopic (exact) mass is 487 g/mol. The molecule has 31 heavy (non-hydrogen) atoms. The van der Waals surface area contributed by atoms with Crippen LogP contribution in [0.2, 0.25) is 0 Å². The number of amides is 4. The van der Waals surface area contributed by atoms with E-state index in [-0.39, 0.29) is 29.4 Å². The number of rotatable bonds is 7. The van der Waals surface area contributed by atoms with Crippen molar-refractivity contribution < 1.29 is 33.8 Å². The third-order valence-electron chi connectivity index (χ3n) is 4.09. The molecule has 3 rings (SSSR count). The number of carbonyl (C=O) groups excluding carboxylic acids is 4. The number of halogens is 1. The molecule has 1 aliphatic rings. The Morgan fingerprint density at radius 1 is 1.13 bits per heavy atom. The largest absolute Gasteiger partial charge is 0.546 e. The van der Waals surface area contributed by atoms with Crippen LogP contribution in [0.5, 0.6) is 11.5 Å². The van der Waals surface area contributed by atoms with Gasteiger partial charge in [-0.05, 0) is 48.9 Å². The zero-order valence-electron chi connectivity index (χ0n) is 16.2. The minimum Gasteiger partial charge on any atom is -0.546 e. The molecule has 2 aromatic carbocycles. The number of nitrogens with one attached hydrogen (secondary N) is 1. The van der Waals surface area contributed by atoms with Gasteiger partial charge in [0.05, 0.1) is 18.3 Å². The van der Waals surface area contributed by atoms with Crippen LogP contribution in [0.15, 0.2) is 52.5 Å². The highest BCUT2D eigenvalue weighted by atomic mass is 79.9. The van der Waals surface area contributed by atoms with Crippen LogP contribution in [0.25, 0.3) is 6.08 Å². The van der Waals surface area contributed by atoms with Crippen molar-refractivity contribution in [3.63, 3.8) is 0 Å². The lowest BCUT2D eigenvalue weighted by molar-refractivity contribution is -0.307. The van der Waals surface area contributed by atoms with Gasteiger partial charge in [-0.25, -0.2) is 9.69 Å². The van der Waals surface area contributed by atoms with Crippen molar-refractivity contribution in [3.8, 4) is 11.5 Å². The Morgan fingerprint density at radius 2 is 1.90 bits per heavy atom. The Bertz CT molecular complexity index is 1100. The smallest absolute Gasteiger partial charge is 0.335 e. The van der Waals surface area contributed by atoms with Crippen molar-refractivity contribution in [3.05, 3.63) is 58.1 Å². The Balaban J connectivity index is 1.96. The number of aliphatic carboxylic acids is 1. The van der Waals surface area contributed by atoms with E-state index in [1.807, 2.05) is 0 Å². The lowest BCUT2D eigenvalue weighted by Crippen LogP contribution is -2.54. The van der Waals surface area contributed by atoms with Gasteiger partial charge in [0, 0.05) is 4.47 Å². The fourth-order valence-electron chi connectivity index (χ4n) is 2.81. The predicted octanol–water partition coefficient (Wildman–Crippen LogP) is 1.64. The first-order valence-corrected chi connectivity index (χ1v) is 9.86. The van der Waals surface area contributed by atoms with Gasteiger partial charge in [0.1, 0.15) is 12.2 Å². The van der Waals surface area contributed by atoms with Gasteiger partial charge >= 0.3 is 6.03 Å². The summed E-state index contributed by atoms with van der Waals surface area (Å²) < 4.78 is 11.2. The van der Waals surface area contributed by atoms with E-state index in [1.165, 1.54) is 24.3 Å². The summed E-state index contributed by atoms with van der Waals surface area (Å²) in [6.45, 7) is 1.34. The molecule has 1 fully saturated rings. The number of carbonyl (C=O) groups is 4. The van der Waals surface area contributed by atoms with Crippen LogP contribution in [-0.4, -0.2) is 37.0 Å². The molecule has 0 aromatic heterocycles. The van der Waals surface area contributed by atoms with Crippen LogP contribution in [0.3, 0.4) is 0 Å². The topological polar surface area (TPSA) is 125 Å². The molecule has 2 aromatic rings. The van der Waals surface area contributed by atoms with Gasteiger partial charge in [-0.15, -0.1) is 0 Å². The van der Waals surface area contributed by atoms with Gasteiger partial charge in [0.2, 0.25) is 0 Å². The van der Waals surface area contributed by atoms with Crippen LogP contribution in [0, 0.1) is 0 Å². The summed E-state index contributed by atoms with van der Waals surface area (Å²) in [6.07, 6.45) is 1.31. The summed E-state index contributed by atoms with van der Waals surface area (Å²) in [4.78, 5) is 49.1. The molecule has 1 N–H and O–H groups in total. The molecule has 0 atom stereocenters. The highest BCUT2D eigenvalue weighted by Gasteiger charge is 2.36. The number of ether oxygens (including phenoxy) is 2. The number of carboxylic acid groups (broad SMARTS) is 1. The van der Waals surface area contributed by atoms with E-state index in [9.17, 15) is 24.3 Å². The van der Waals surface area contributed by atoms with Gasteiger partial charge in [0.25, 0.3) is 11.8 Å². The zero-order valence-corrected chi connectivity index (χ0v) is 17.8. The minimum absolute atomic E-state index is 0.165. The number of nitrogens with zero attached hydrogens (tertiary/aromatic N) is 1. The van der Waals surface area contributed by atoms with E-state index in [1.54, 1.807) is 31.2 Å². The number of anilines is 1. The summed E-state index contributed by atoms with van der Waals surface area (Å²) in [5, 5.41) is 12.8. The normalized spacial score (nSPS) is 15.1. The fourth-order valence-corrected chi connectivity index (χ4v) is 3.20. The lowest BCUT2D eigenvalue weighted by Gasteiger charge is -2.26. The van der Waals surface area contributed by atoms with Gasteiger partial charge in [-0.1, -0.05) is 28.1 Å². The second kappa shape index (κ2) is 9.43. The second-order valence-electron chi connectivity index (χ2n) is 6.24. The van der Waals surface area contributed by atoms with E-state index in [0.29, 0.717) is 10.0 Å².